The summed E-state index contributed by atoms with van der Waals surface area (Å²) in [7, 11) is -3.19. The molecule has 35 heavy (non-hydrogen) atoms. The fraction of sp³-hybridized carbons (Fsp3) is 0.333. The first-order valence-electron chi connectivity index (χ1n) is 11.3. The van der Waals surface area contributed by atoms with E-state index in [9.17, 15) is 22.8 Å². The molecule has 2 heterocycles. The Morgan fingerprint density at radius 1 is 1.00 bits per heavy atom. The number of ether oxygens (including phenoxy) is 1. The summed E-state index contributed by atoms with van der Waals surface area (Å²) in [5.41, 5.74) is 1.65. The summed E-state index contributed by atoms with van der Waals surface area (Å²) in [6, 6.07) is 12.9. The van der Waals surface area contributed by atoms with Gasteiger partial charge >= 0.3 is 0 Å². The Hall–Kier alpha value is -3.73. The summed E-state index contributed by atoms with van der Waals surface area (Å²) in [6.45, 7) is 2.45. The van der Waals surface area contributed by atoms with Crippen molar-refractivity contribution in [2.45, 2.75) is 32.2 Å². The van der Waals surface area contributed by atoms with Gasteiger partial charge in [-0.3, -0.25) is 14.4 Å². The highest BCUT2D eigenvalue weighted by Crippen LogP contribution is 2.23. The molecule has 2 N–H and O–H groups in total. The van der Waals surface area contributed by atoms with Gasteiger partial charge in [0.15, 0.2) is 9.84 Å². The van der Waals surface area contributed by atoms with E-state index in [1.54, 1.807) is 48.5 Å². The van der Waals surface area contributed by atoms with Crippen LogP contribution in [0.1, 0.15) is 36.5 Å². The molecule has 1 atom stereocenters. The van der Waals surface area contributed by atoms with E-state index in [0.29, 0.717) is 35.7 Å². The van der Waals surface area contributed by atoms with Gasteiger partial charge in [0.1, 0.15) is 11.5 Å². The molecule has 1 saturated heterocycles. The monoisotopic (exact) mass is 498 g/mol. The Kier molecular flexibility index (Phi) is 7.15. The number of hydrazone groups is 1. The number of amides is 3. The van der Waals surface area contributed by atoms with Gasteiger partial charge in [0.2, 0.25) is 5.91 Å². The lowest BCUT2D eigenvalue weighted by Gasteiger charge is -2.27. The molecule has 2 aliphatic heterocycles. The molecule has 2 aromatic carbocycles. The molecule has 4 rings (SSSR count). The zero-order valence-electron chi connectivity index (χ0n) is 19.2. The Morgan fingerprint density at radius 3 is 2.23 bits per heavy atom. The highest BCUT2D eigenvalue weighted by atomic mass is 32.2. The molecule has 0 aromatic heterocycles. The topological polar surface area (TPSA) is 134 Å². The van der Waals surface area contributed by atoms with Crippen LogP contribution in [0.15, 0.2) is 53.6 Å². The zero-order chi connectivity index (χ0) is 25.0. The van der Waals surface area contributed by atoms with Crippen LogP contribution in [0.4, 0.5) is 11.4 Å². The third kappa shape index (κ3) is 6.04. The molecule has 2 aliphatic rings. The van der Waals surface area contributed by atoms with Gasteiger partial charge in [-0.2, -0.15) is 5.10 Å². The van der Waals surface area contributed by atoms with Crippen molar-refractivity contribution < 1.29 is 27.5 Å². The minimum absolute atomic E-state index is 0.0109. The highest BCUT2D eigenvalue weighted by molar-refractivity contribution is 7.91. The second kappa shape index (κ2) is 10.3. The van der Waals surface area contributed by atoms with E-state index in [0.717, 1.165) is 5.01 Å². The first kappa shape index (κ1) is 24.4. The predicted molar refractivity (Wildman–Crippen MR) is 131 cm³/mol. The van der Waals surface area contributed by atoms with E-state index < -0.39 is 21.8 Å². The van der Waals surface area contributed by atoms with Gasteiger partial charge < -0.3 is 15.4 Å². The van der Waals surface area contributed by atoms with Crippen molar-refractivity contribution in [3.8, 4) is 5.75 Å². The van der Waals surface area contributed by atoms with Gasteiger partial charge in [-0.15, -0.1) is 0 Å². The Bertz CT molecular complexity index is 1260. The van der Waals surface area contributed by atoms with Crippen molar-refractivity contribution in [1.82, 2.24) is 5.01 Å². The number of carbonyl (C=O) groups is 3. The number of hydrogen-bond acceptors (Lipinski definition) is 7. The van der Waals surface area contributed by atoms with Crippen LogP contribution >= 0.6 is 0 Å². The van der Waals surface area contributed by atoms with Crippen molar-refractivity contribution in [3.63, 3.8) is 0 Å². The Balaban J connectivity index is 1.37. The summed E-state index contributed by atoms with van der Waals surface area (Å²) in [5.74, 6) is -0.478. The van der Waals surface area contributed by atoms with E-state index >= 15 is 0 Å². The lowest BCUT2D eigenvalue weighted by Crippen LogP contribution is -2.42. The van der Waals surface area contributed by atoms with Gasteiger partial charge in [-0.25, -0.2) is 13.4 Å². The normalized spacial score (nSPS) is 19.1. The van der Waals surface area contributed by atoms with Crippen LogP contribution in [-0.4, -0.2) is 61.0 Å². The first-order valence-corrected chi connectivity index (χ1v) is 13.1. The quantitative estimate of drug-likeness (QED) is 0.602. The molecule has 184 valence electrons. The lowest BCUT2D eigenvalue weighted by molar-refractivity contribution is -0.133. The average Bonchev–Trinajstić information content (AvgIpc) is 3.20. The number of nitrogens with zero attached hydrogens (tertiary/aromatic N) is 2. The number of benzene rings is 2. The number of hydrogen-bond donors (Lipinski definition) is 2. The van der Waals surface area contributed by atoms with E-state index in [4.69, 9.17) is 4.74 Å². The maximum absolute atomic E-state index is 12.7. The summed E-state index contributed by atoms with van der Waals surface area (Å²) in [4.78, 5) is 37.5. The highest BCUT2D eigenvalue weighted by Gasteiger charge is 2.37. The summed E-state index contributed by atoms with van der Waals surface area (Å²) in [5, 5.41) is 10.8. The van der Waals surface area contributed by atoms with Gasteiger partial charge in [-0.05, 0) is 61.9 Å². The molecule has 2 aromatic rings. The van der Waals surface area contributed by atoms with Crippen LogP contribution in [0.2, 0.25) is 0 Å². The number of sulfone groups is 1. The van der Waals surface area contributed by atoms with Gasteiger partial charge in [0.05, 0.1) is 24.2 Å². The Labute approximate surface area is 203 Å². The predicted octanol–water partition coefficient (Wildman–Crippen LogP) is 2.44. The third-order valence-electron chi connectivity index (χ3n) is 5.70. The van der Waals surface area contributed by atoms with Crippen molar-refractivity contribution in [3.05, 3.63) is 54.1 Å². The van der Waals surface area contributed by atoms with E-state index in [1.807, 2.05) is 6.92 Å². The average molecular weight is 499 g/mol. The summed E-state index contributed by atoms with van der Waals surface area (Å²) in [6.07, 6.45) is 0.573. The summed E-state index contributed by atoms with van der Waals surface area (Å²) >= 11 is 0. The summed E-state index contributed by atoms with van der Waals surface area (Å²) < 4.78 is 28.9. The number of nitrogens with one attached hydrogen (secondary N) is 2. The fourth-order valence-electron chi connectivity index (χ4n) is 3.90. The van der Waals surface area contributed by atoms with Crippen molar-refractivity contribution in [2.75, 3.05) is 28.7 Å². The number of rotatable bonds is 7. The minimum Gasteiger partial charge on any atom is -0.494 e. The second-order valence-electron chi connectivity index (χ2n) is 8.28. The maximum atomic E-state index is 12.7. The molecule has 3 amide bonds. The lowest BCUT2D eigenvalue weighted by atomic mass is 10.1. The van der Waals surface area contributed by atoms with Gasteiger partial charge in [0.25, 0.3) is 11.8 Å². The van der Waals surface area contributed by atoms with Crippen molar-refractivity contribution in [1.29, 1.82) is 0 Å². The van der Waals surface area contributed by atoms with E-state index in [1.165, 1.54) is 0 Å². The molecule has 0 aliphatic carbocycles. The van der Waals surface area contributed by atoms with Crippen LogP contribution in [0.3, 0.4) is 0 Å². The molecule has 10 nitrogen and oxygen atoms in total. The molecule has 0 spiro atoms. The molecule has 1 fully saturated rings. The number of anilines is 2. The molecule has 1 unspecified atom stereocenters. The van der Waals surface area contributed by atoms with Crippen molar-refractivity contribution in [2.24, 2.45) is 5.10 Å². The zero-order valence-corrected chi connectivity index (χ0v) is 20.0. The van der Waals surface area contributed by atoms with Crippen LogP contribution in [0.5, 0.6) is 5.75 Å². The smallest absolute Gasteiger partial charge is 0.271 e. The minimum atomic E-state index is -3.19. The van der Waals surface area contributed by atoms with Gasteiger partial charge in [0, 0.05) is 29.8 Å². The molecular weight excluding hydrogens is 472 g/mol. The van der Waals surface area contributed by atoms with Gasteiger partial charge in [-0.1, -0.05) is 0 Å². The fourth-order valence-corrected chi connectivity index (χ4v) is 5.59. The molecule has 0 bridgehead atoms. The first-order chi connectivity index (χ1) is 16.7. The molecule has 11 heteroatoms. The van der Waals surface area contributed by atoms with E-state index in [2.05, 4.69) is 15.7 Å². The molecule has 0 radical (unpaired) electrons. The van der Waals surface area contributed by atoms with Crippen LogP contribution in [-0.2, 0) is 19.4 Å². The largest absolute Gasteiger partial charge is 0.494 e. The van der Waals surface area contributed by atoms with Crippen molar-refractivity contribution >= 4 is 44.6 Å². The SMILES string of the molecule is CCOc1ccc(NC(=O)c2ccc(NC(=O)C3=NN(C4CCS(=O)(=O)C4)C(=O)CC3)cc2)cc1. The Morgan fingerprint density at radius 2 is 1.63 bits per heavy atom. The van der Waals surface area contributed by atoms with E-state index in [-0.39, 0.29) is 41.9 Å². The molecular formula is C24H26N4O6S. The second-order valence-corrected chi connectivity index (χ2v) is 10.5. The molecule has 0 saturated carbocycles. The third-order valence-corrected chi connectivity index (χ3v) is 7.45. The number of carbonyl (C=O) groups excluding carboxylic acids is 3. The van der Waals surface area contributed by atoms with Crippen LogP contribution in [0.25, 0.3) is 0 Å². The van der Waals surface area contributed by atoms with Crippen LogP contribution in [0, 0.1) is 0 Å². The van der Waals surface area contributed by atoms with Crippen LogP contribution < -0.4 is 15.4 Å². The maximum Gasteiger partial charge on any atom is 0.271 e. The standard InChI is InChI=1S/C24H26N4O6S/c1-2-34-20-9-7-18(8-10-20)25-23(30)16-3-5-17(6-4-16)26-24(31)21-11-12-22(29)28(27-21)19-13-14-35(32,33)15-19/h3-10,19H,2,11-15H2,1H3,(H,25,30)(H,26,31).